The first-order chi connectivity index (χ1) is 16.6. The number of amides is 2. The van der Waals surface area contributed by atoms with Crippen molar-refractivity contribution in [1.82, 2.24) is 10.2 Å². The number of nitrogens with zero attached hydrogens (tertiary/aromatic N) is 1. The molecule has 0 unspecified atom stereocenters. The van der Waals surface area contributed by atoms with Crippen LogP contribution in [0.4, 0.5) is 0 Å². The third kappa shape index (κ3) is 8.30. The lowest BCUT2D eigenvalue weighted by atomic mass is 10.0. The van der Waals surface area contributed by atoms with Gasteiger partial charge in [0.25, 0.3) is 5.91 Å². The highest BCUT2D eigenvalue weighted by molar-refractivity contribution is 6.31. The van der Waals surface area contributed by atoms with E-state index in [0.29, 0.717) is 22.2 Å². The molecule has 3 rings (SSSR count). The molecule has 35 heavy (non-hydrogen) atoms. The van der Waals surface area contributed by atoms with Gasteiger partial charge in [-0.25, -0.2) is 0 Å². The monoisotopic (exact) mass is 512 g/mol. The SMILES string of the molecule is CC(C)(C)NC(=O)[C@@H](Cc1ccccc1)N(Cc1ccccc1Cl)C(=O)COc1ccc(Cl)cc1. The molecule has 0 saturated heterocycles. The fourth-order valence-corrected chi connectivity index (χ4v) is 3.90. The van der Waals surface area contributed by atoms with Gasteiger partial charge < -0.3 is 15.0 Å². The highest BCUT2D eigenvalue weighted by Crippen LogP contribution is 2.22. The predicted molar refractivity (Wildman–Crippen MR) is 141 cm³/mol. The molecule has 2 amide bonds. The molecule has 0 radical (unpaired) electrons. The van der Waals surface area contributed by atoms with Gasteiger partial charge >= 0.3 is 0 Å². The van der Waals surface area contributed by atoms with Crippen molar-refractivity contribution < 1.29 is 14.3 Å². The van der Waals surface area contributed by atoms with E-state index in [4.69, 9.17) is 27.9 Å². The third-order valence-electron chi connectivity index (χ3n) is 5.24. The summed E-state index contributed by atoms with van der Waals surface area (Å²) in [5.74, 6) is -0.0581. The minimum absolute atomic E-state index is 0.164. The van der Waals surface area contributed by atoms with E-state index in [1.54, 1.807) is 35.2 Å². The topological polar surface area (TPSA) is 58.6 Å². The van der Waals surface area contributed by atoms with Crippen LogP contribution in [0.1, 0.15) is 31.9 Å². The minimum atomic E-state index is -0.769. The van der Waals surface area contributed by atoms with E-state index < -0.39 is 11.6 Å². The number of carbonyl (C=O) groups is 2. The van der Waals surface area contributed by atoms with Gasteiger partial charge in [-0.15, -0.1) is 0 Å². The first-order valence-corrected chi connectivity index (χ1v) is 12.1. The van der Waals surface area contributed by atoms with Gasteiger partial charge in [0.15, 0.2) is 6.61 Å². The highest BCUT2D eigenvalue weighted by Gasteiger charge is 2.32. The van der Waals surface area contributed by atoms with Crippen LogP contribution in [-0.4, -0.2) is 34.9 Å². The number of halogens is 2. The quantitative estimate of drug-likeness (QED) is 0.386. The van der Waals surface area contributed by atoms with E-state index in [-0.39, 0.29) is 25.0 Å². The summed E-state index contributed by atoms with van der Waals surface area (Å²) in [6, 6.07) is 22.9. The van der Waals surface area contributed by atoms with Gasteiger partial charge in [-0.3, -0.25) is 9.59 Å². The Morgan fingerprint density at radius 2 is 1.54 bits per heavy atom. The van der Waals surface area contributed by atoms with Crippen LogP contribution < -0.4 is 10.1 Å². The van der Waals surface area contributed by atoms with Gasteiger partial charge in [0.2, 0.25) is 5.91 Å². The number of nitrogens with one attached hydrogen (secondary N) is 1. The molecule has 0 aliphatic carbocycles. The molecule has 7 heteroatoms. The Labute approximate surface area is 217 Å². The maximum absolute atomic E-state index is 13.6. The summed E-state index contributed by atoms with van der Waals surface area (Å²) in [7, 11) is 0. The van der Waals surface area contributed by atoms with Crippen molar-refractivity contribution in [3.63, 3.8) is 0 Å². The molecular weight excluding hydrogens is 483 g/mol. The Hall–Kier alpha value is -3.02. The number of benzene rings is 3. The molecule has 0 aliphatic rings. The molecule has 1 atom stereocenters. The lowest BCUT2D eigenvalue weighted by Crippen LogP contribution is -2.55. The van der Waals surface area contributed by atoms with E-state index in [1.807, 2.05) is 69.3 Å². The summed E-state index contributed by atoms with van der Waals surface area (Å²) >= 11 is 12.4. The molecule has 3 aromatic carbocycles. The molecule has 1 N–H and O–H groups in total. The number of rotatable bonds is 9. The molecule has 0 spiro atoms. The molecule has 184 valence electrons. The van der Waals surface area contributed by atoms with Crippen molar-refractivity contribution in [3.8, 4) is 5.75 Å². The zero-order valence-electron chi connectivity index (χ0n) is 20.1. The van der Waals surface area contributed by atoms with Crippen LogP contribution in [0, 0.1) is 0 Å². The second kappa shape index (κ2) is 12.1. The molecular formula is C28H30Cl2N2O3. The lowest BCUT2D eigenvalue weighted by molar-refractivity contribution is -0.143. The normalized spacial score (nSPS) is 12.0. The first-order valence-electron chi connectivity index (χ1n) is 11.4. The minimum Gasteiger partial charge on any atom is -0.484 e. The summed E-state index contributed by atoms with van der Waals surface area (Å²) in [4.78, 5) is 28.6. The van der Waals surface area contributed by atoms with E-state index in [9.17, 15) is 9.59 Å². The Kier molecular flexibility index (Phi) is 9.19. The van der Waals surface area contributed by atoms with Crippen molar-refractivity contribution in [2.75, 3.05) is 6.61 Å². The Morgan fingerprint density at radius 1 is 0.914 bits per heavy atom. The average Bonchev–Trinajstić information content (AvgIpc) is 2.81. The Bertz CT molecular complexity index is 1130. The third-order valence-corrected chi connectivity index (χ3v) is 5.86. The molecule has 5 nitrogen and oxygen atoms in total. The summed E-state index contributed by atoms with van der Waals surface area (Å²) in [5.41, 5.74) is 1.22. The Balaban J connectivity index is 1.93. The second-order valence-corrected chi connectivity index (χ2v) is 10.1. The van der Waals surface area contributed by atoms with Gasteiger partial charge in [-0.1, -0.05) is 71.7 Å². The molecule has 0 saturated carbocycles. The van der Waals surface area contributed by atoms with Crippen LogP contribution in [0.3, 0.4) is 0 Å². The molecule has 0 bridgehead atoms. The smallest absolute Gasteiger partial charge is 0.261 e. The van der Waals surface area contributed by atoms with E-state index in [2.05, 4.69) is 5.32 Å². The second-order valence-electron chi connectivity index (χ2n) is 9.30. The fraction of sp³-hybridized carbons (Fsp3) is 0.286. The predicted octanol–water partition coefficient (Wildman–Crippen LogP) is 5.93. The van der Waals surface area contributed by atoms with Crippen LogP contribution in [-0.2, 0) is 22.6 Å². The summed E-state index contributed by atoms with van der Waals surface area (Å²) in [5, 5.41) is 4.14. The molecule has 0 fully saturated rings. The van der Waals surface area contributed by atoms with Crippen molar-refractivity contribution in [2.24, 2.45) is 0 Å². The van der Waals surface area contributed by atoms with Crippen molar-refractivity contribution in [3.05, 3.63) is 100 Å². The van der Waals surface area contributed by atoms with Gasteiger partial charge in [0.05, 0.1) is 0 Å². The summed E-state index contributed by atoms with van der Waals surface area (Å²) < 4.78 is 5.74. The van der Waals surface area contributed by atoms with Gasteiger partial charge in [0.1, 0.15) is 11.8 Å². The molecule has 3 aromatic rings. The van der Waals surface area contributed by atoms with E-state index in [1.165, 1.54) is 0 Å². The first kappa shape index (κ1) is 26.6. The van der Waals surface area contributed by atoms with Crippen LogP contribution in [0.15, 0.2) is 78.9 Å². The maximum atomic E-state index is 13.6. The molecule has 0 aliphatic heterocycles. The van der Waals surface area contributed by atoms with Crippen LogP contribution in [0.25, 0.3) is 0 Å². The average molecular weight is 513 g/mol. The molecule has 0 heterocycles. The summed E-state index contributed by atoms with van der Waals surface area (Å²) in [6.45, 7) is 5.66. The van der Waals surface area contributed by atoms with Gasteiger partial charge in [-0.2, -0.15) is 0 Å². The lowest BCUT2D eigenvalue weighted by Gasteiger charge is -2.34. The van der Waals surface area contributed by atoms with Gasteiger partial charge in [-0.05, 0) is 62.2 Å². The van der Waals surface area contributed by atoms with E-state index >= 15 is 0 Å². The largest absolute Gasteiger partial charge is 0.484 e. The molecule has 0 aromatic heterocycles. The highest BCUT2D eigenvalue weighted by atomic mass is 35.5. The maximum Gasteiger partial charge on any atom is 0.261 e. The standard InChI is InChI=1S/C28H30Cl2N2O3/c1-28(2,3)31-27(34)25(17-20-9-5-4-6-10-20)32(18-21-11-7-8-12-24(21)30)26(33)19-35-23-15-13-22(29)14-16-23/h4-16,25H,17-19H2,1-3H3,(H,31,34)/t25-/m1/s1. The number of carbonyl (C=O) groups excluding carboxylic acids is 2. The van der Waals surface area contributed by atoms with Gasteiger partial charge in [0, 0.05) is 28.5 Å². The van der Waals surface area contributed by atoms with Crippen molar-refractivity contribution >= 4 is 35.0 Å². The number of ether oxygens (including phenoxy) is 1. The van der Waals surface area contributed by atoms with E-state index in [0.717, 1.165) is 11.1 Å². The van der Waals surface area contributed by atoms with Crippen LogP contribution in [0.5, 0.6) is 5.75 Å². The van der Waals surface area contributed by atoms with Crippen LogP contribution in [0.2, 0.25) is 10.0 Å². The zero-order chi connectivity index (χ0) is 25.4. The Morgan fingerprint density at radius 3 is 2.17 bits per heavy atom. The number of hydrogen-bond donors (Lipinski definition) is 1. The van der Waals surface area contributed by atoms with Crippen molar-refractivity contribution in [2.45, 2.75) is 45.3 Å². The van der Waals surface area contributed by atoms with Crippen molar-refractivity contribution in [1.29, 1.82) is 0 Å². The van der Waals surface area contributed by atoms with Crippen LogP contribution >= 0.6 is 23.2 Å². The number of hydrogen-bond acceptors (Lipinski definition) is 3. The zero-order valence-corrected chi connectivity index (χ0v) is 21.6. The summed E-state index contributed by atoms with van der Waals surface area (Å²) in [6.07, 6.45) is 0.347. The fourth-order valence-electron chi connectivity index (χ4n) is 3.58.